The highest BCUT2D eigenvalue weighted by Crippen LogP contribution is 2.46. The first-order chi connectivity index (χ1) is 11.7. The van der Waals surface area contributed by atoms with E-state index >= 15 is 0 Å². The SMILES string of the molecule is C/C=C(/C=C\NC(C)C)c1ccc2c(c1)C(C)(C)CCC2(C)C.CC. The van der Waals surface area contributed by atoms with E-state index in [0.29, 0.717) is 6.04 Å². The van der Waals surface area contributed by atoms with Crippen LogP contribution in [0.4, 0.5) is 0 Å². The third-order valence-electron chi connectivity index (χ3n) is 5.19. The summed E-state index contributed by atoms with van der Waals surface area (Å²) in [6.45, 7) is 20.0. The van der Waals surface area contributed by atoms with Crippen molar-refractivity contribution >= 4 is 5.57 Å². The Balaban J connectivity index is 0.00000151. The van der Waals surface area contributed by atoms with Crippen LogP contribution in [0, 0.1) is 0 Å². The zero-order valence-electron chi connectivity index (χ0n) is 18.0. The smallest absolute Gasteiger partial charge is 0.0199 e. The van der Waals surface area contributed by atoms with Gasteiger partial charge in [-0.05, 0) is 79.0 Å². The molecule has 2 rings (SSSR count). The van der Waals surface area contributed by atoms with Crippen LogP contribution in [0.1, 0.15) is 91.8 Å². The van der Waals surface area contributed by atoms with Crippen LogP contribution in [-0.2, 0) is 10.8 Å². The summed E-state index contributed by atoms with van der Waals surface area (Å²) in [5.74, 6) is 0. The molecule has 0 bridgehead atoms. The van der Waals surface area contributed by atoms with E-state index in [4.69, 9.17) is 0 Å². The zero-order valence-corrected chi connectivity index (χ0v) is 18.0. The van der Waals surface area contributed by atoms with Crippen LogP contribution in [0.3, 0.4) is 0 Å². The van der Waals surface area contributed by atoms with Crippen molar-refractivity contribution in [1.29, 1.82) is 0 Å². The van der Waals surface area contributed by atoms with Gasteiger partial charge in [0.05, 0.1) is 0 Å². The minimum atomic E-state index is 0.264. The molecule has 1 aromatic carbocycles. The van der Waals surface area contributed by atoms with E-state index < -0.39 is 0 Å². The van der Waals surface area contributed by atoms with Gasteiger partial charge in [0.2, 0.25) is 0 Å². The van der Waals surface area contributed by atoms with Gasteiger partial charge in [0.15, 0.2) is 0 Å². The van der Waals surface area contributed by atoms with Gasteiger partial charge in [0, 0.05) is 6.04 Å². The van der Waals surface area contributed by atoms with Crippen molar-refractivity contribution in [2.75, 3.05) is 0 Å². The van der Waals surface area contributed by atoms with Crippen LogP contribution < -0.4 is 5.32 Å². The molecule has 0 aliphatic heterocycles. The number of rotatable bonds is 4. The molecule has 0 aromatic heterocycles. The fraction of sp³-hybridized carbons (Fsp3) is 0.583. The Bertz CT molecular complexity index is 615. The standard InChI is InChI=1S/C22H33N.C2H6/c1-8-17(11-14-23-16(2)3)18-9-10-19-20(15-18)22(6,7)13-12-21(19,4)5;1-2/h8-11,14-16,23H,12-13H2,1-7H3;1-2H3/b14-11-,17-8-;. The van der Waals surface area contributed by atoms with Gasteiger partial charge in [-0.3, -0.25) is 0 Å². The minimum absolute atomic E-state index is 0.264. The number of allylic oxidation sites excluding steroid dienone is 3. The predicted molar refractivity (Wildman–Crippen MR) is 114 cm³/mol. The molecule has 0 amide bonds. The summed E-state index contributed by atoms with van der Waals surface area (Å²) < 4.78 is 0. The van der Waals surface area contributed by atoms with Crippen LogP contribution in [-0.4, -0.2) is 6.04 Å². The fourth-order valence-corrected chi connectivity index (χ4v) is 3.46. The molecule has 140 valence electrons. The number of benzene rings is 1. The number of hydrogen-bond donors (Lipinski definition) is 1. The van der Waals surface area contributed by atoms with Gasteiger partial charge in [-0.25, -0.2) is 0 Å². The molecule has 1 aromatic rings. The summed E-state index contributed by atoms with van der Waals surface area (Å²) in [6, 6.07) is 7.54. The van der Waals surface area contributed by atoms with E-state index in [0.717, 1.165) is 0 Å². The van der Waals surface area contributed by atoms with Gasteiger partial charge >= 0.3 is 0 Å². The molecular formula is C24H39N. The Kier molecular flexibility index (Phi) is 7.53. The molecule has 25 heavy (non-hydrogen) atoms. The molecule has 0 fully saturated rings. The zero-order chi connectivity index (χ0) is 19.3. The largest absolute Gasteiger partial charge is 0.389 e. The average molecular weight is 342 g/mol. The van der Waals surface area contributed by atoms with Crippen molar-refractivity contribution in [3.8, 4) is 0 Å². The van der Waals surface area contributed by atoms with Gasteiger partial charge in [-0.1, -0.05) is 65.8 Å². The molecule has 0 saturated carbocycles. The fourth-order valence-electron chi connectivity index (χ4n) is 3.46. The monoisotopic (exact) mass is 341 g/mol. The summed E-state index contributed by atoms with van der Waals surface area (Å²) in [7, 11) is 0. The third-order valence-corrected chi connectivity index (χ3v) is 5.19. The Hall–Kier alpha value is -1.50. The molecule has 0 spiro atoms. The van der Waals surface area contributed by atoms with E-state index in [9.17, 15) is 0 Å². The second-order valence-corrected chi connectivity index (χ2v) is 8.43. The highest BCUT2D eigenvalue weighted by atomic mass is 14.9. The molecule has 1 heteroatoms. The average Bonchev–Trinajstić information content (AvgIpc) is 2.57. The van der Waals surface area contributed by atoms with Crippen LogP contribution in [0.2, 0.25) is 0 Å². The highest BCUT2D eigenvalue weighted by molar-refractivity contribution is 5.74. The van der Waals surface area contributed by atoms with Crippen LogP contribution >= 0.6 is 0 Å². The van der Waals surface area contributed by atoms with Crippen LogP contribution in [0.5, 0.6) is 0 Å². The van der Waals surface area contributed by atoms with Crippen molar-refractivity contribution in [3.63, 3.8) is 0 Å². The summed E-state index contributed by atoms with van der Waals surface area (Å²) >= 11 is 0. The lowest BCUT2D eigenvalue weighted by atomic mass is 9.63. The normalized spacial score (nSPS) is 18.6. The van der Waals surface area contributed by atoms with E-state index in [2.05, 4.69) is 90.3 Å². The van der Waals surface area contributed by atoms with E-state index in [-0.39, 0.29) is 10.8 Å². The first kappa shape index (κ1) is 21.5. The summed E-state index contributed by atoms with van der Waals surface area (Å²) in [4.78, 5) is 0. The Morgan fingerprint density at radius 2 is 1.56 bits per heavy atom. The second kappa shape index (κ2) is 8.74. The summed E-state index contributed by atoms with van der Waals surface area (Å²) in [6.07, 6.45) is 8.96. The van der Waals surface area contributed by atoms with Crippen molar-refractivity contribution < 1.29 is 0 Å². The quantitative estimate of drug-likeness (QED) is 0.583. The Morgan fingerprint density at radius 3 is 2.08 bits per heavy atom. The van der Waals surface area contributed by atoms with Gasteiger partial charge < -0.3 is 5.32 Å². The van der Waals surface area contributed by atoms with E-state index in [1.165, 1.54) is 35.1 Å². The third kappa shape index (κ3) is 5.23. The van der Waals surface area contributed by atoms with Gasteiger partial charge in [0.25, 0.3) is 0 Å². The molecule has 0 atom stereocenters. The number of hydrogen-bond acceptors (Lipinski definition) is 1. The van der Waals surface area contributed by atoms with Crippen molar-refractivity contribution in [3.05, 3.63) is 53.2 Å². The van der Waals surface area contributed by atoms with Crippen molar-refractivity contribution in [2.24, 2.45) is 0 Å². The molecule has 1 aliphatic carbocycles. The number of fused-ring (bicyclic) bond motifs is 1. The minimum Gasteiger partial charge on any atom is -0.389 e. The maximum atomic E-state index is 3.35. The van der Waals surface area contributed by atoms with Crippen LogP contribution in [0.15, 0.2) is 36.6 Å². The van der Waals surface area contributed by atoms with Crippen molar-refractivity contribution in [2.45, 2.75) is 92.0 Å². The van der Waals surface area contributed by atoms with Gasteiger partial charge in [-0.2, -0.15) is 0 Å². The number of nitrogens with one attached hydrogen (secondary N) is 1. The second-order valence-electron chi connectivity index (χ2n) is 8.43. The maximum absolute atomic E-state index is 3.35. The van der Waals surface area contributed by atoms with E-state index in [1.807, 2.05) is 13.8 Å². The lowest BCUT2D eigenvalue weighted by Crippen LogP contribution is -2.33. The molecule has 1 N–H and O–H groups in total. The van der Waals surface area contributed by atoms with Crippen molar-refractivity contribution in [1.82, 2.24) is 5.32 Å². The molecule has 0 saturated heterocycles. The molecule has 0 radical (unpaired) electrons. The molecule has 1 nitrogen and oxygen atoms in total. The molecule has 1 aliphatic rings. The molecule has 0 heterocycles. The predicted octanol–water partition coefficient (Wildman–Crippen LogP) is 6.98. The first-order valence-electron chi connectivity index (χ1n) is 9.92. The Labute approximate surface area is 156 Å². The lowest BCUT2D eigenvalue weighted by molar-refractivity contribution is 0.332. The highest BCUT2D eigenvalue weighted by Gasteiger charge is 2.36. The molecular weight excluding hydrogens is 302 g/mol. The van der Waals surface area contributed by atoms with Gasteiger partial charge in [0.1, 0.15) is 0 Å². The summed E-state index contributed by atoms with van der Waals surface area (Å²) in [5, 5.41) is 3.35. The van der Waals surface area contributed by atoms with E-state index in [1.54, 1.807) is 0 Å². The van der Waals surface area contributed by atoms with Gasteiger partial charge in [-0.15, -0.1) is 0 Å². The topological polar surface area (TPSA) is 12.0 Å². The Morgan fingerprint density at radius 1 is 1.00 bits per heavy atom. The summed E-state index contributed by atoms with van der Waals surface area (Å²) in [5.41, 5.74) is 6.20. The lowest BCUT2D eigenvalue weighted by Gasteiger charge is -2.42. The first-order valence-corrected chi connectivity index (χ1v) is 9.92. The maximum Gasteiger partial charge on any atom is 0.0199 e. The van der Waals surface area contributed by atoms with Crippen LogP contribution in [0.25, 0.3) is 5.57 Å². The molecule has 0 unspecified atom stereocenters.